The zero-order valence-corrected chi connectivity index (χ0v) is 27.9. The summed E-state index contributed by atoms with van der Waals surface area (Å²) in [4.78, 5) is 25.2. The third kappa shape index (κ3) is 11.5. The van der Waals surface area contributed by atoms with Crippen LogP contribution in [0.1, 0.15) is 85.8 Å². The van der Waals surface area contributed by atoms with Crippen molar-refractivity contribution in [2.45, 2.75) is 74.7 Å². The van der Waals surface area contributed by atoms with Crippen LogP contribution in [0.2, 0.25) is 0 Å². The van der Waals surface area contributed by atoms with Gasteiger partial charge in [0.25, 0.3) is 0 Å². The van der Waals surface area contributed by atoms with Crippen molar-refractivity contribution in [3.05, 3.63) is 58.7 Å². The molecule has 2 rings (SSSR count). The highest BCUT2D eigenvalue weighted by Gasteiger charge is 2.26. The molecule has 0 saturated heterocycles. The van der Waals surface area contributed by atoms with Gasteiger partial charge in [-0.1, -0.05) is 53.7 Å². The van der Waals surface area contributed by atoms with Crippen LogP contribution in [0.25, 0.3) is 12.2 Å². The first-order chi connectivity index (χ1) is 21.2. The zero-order valence-electron chi connectivity index (χ0n) is 27.9. The predicted octanol–water partition coefficient (Wildman–Crippen LogP) is 8.16. The molecule has 2 aromatic carbocycles. The van der Waals surface area contributed by atoms with Crippen molar-refractivity contribution >= 4 is 23.7 Å². The molecule has 0 fully saturated rings. The van der Waals surface area contributed by atoms with Gasteiger partial charge in [0.15, 0.2) is 34.6 Å². The minimum absolute atomic E-state index is 0.0997. The number of carbonyl (C=O) groups excluding carboxylic acids is 2. The molecule has 0 aliphatic rings. The number of hydrogen-bond acceptors (Lipinski definition) is 8. The van der Waals surface area contributed by atoms with E-state index in [1.807, 2.05) is 26.0 Å². The van der Waals surface area contributed by atoms with E-state index in [9.17, 15) is 20.1 Å². The van der Waals surface area contributed by atoms with Gasteiger partial charge in [-0.3, -0.25) is 9.59 Å². The smallest absolute Gasteiger partial charge is 0.178 e. The van der Waals surface area contributed by atoms with E-state index in [4.69, 9.17) is 18.9 Å². The van der Waals surface area contributed by atoms with Crippen molar-refractivity contribution in [1.82, 2.24) is 0 Å². The molecule has 0 aliphatic carbocycles. The lowest BCUT2D eigenvalue weighted by atomic mass is 9.86. The van der Waals surface area contributed by atoms with E-state index in [0.717, 1.165) is 19.3 Å². The Morgan fingerprint density at radius 1 is 0.622 bits per heavy atom. The average molecular weight is 615 g/mol. The topological polar surface area (TPSA) is 119 Å². The van der Waals surface area contributed by atoms with Crippen molar-refractivity contribution in [1.29, 1.82) is 10.5 Å². The largest absolute Gasteiger partial charge is 0.490 e. The second kappa shape index (κ2) is 17.1. The number of ketones is 2. The molecule has 0 aliphatic heterocycles. The second-order valence-electron chi connectivity index (χ2n) is 12.5. The zero-order chi connectivity index (χ0) is 33.6. The minimum Gasteiger partial charge on any atom is -0.490 e. The van der Waals surface area contributed by atoms with Crippen LogP contribution in [-0.4, -0.2) is 38.0 Å². The third-order valence-electron chi connectivity index (χ3n) is 6.55. The predicted molar refractivity (Wildman–Crippen MR) is 176 cm³/mol. The Balaban J connectivity index is 1.95. The summed E-state index contributed by atoms with van der Waals surface area (Å²) < 4.78 is 23.5. The van der Waals surface area contributed by atoms with Crippen molar-refractivity contribution in [2.75, 3.05) is 26.4 Å². The van der Waals surface area contributed by atoms with Crippen LogP contribution in [0.4, 0.5) is 0 Å². The number of allylic oxidation sites excluding steroid dienone is 2. The number of unbranched alkanes of at least 4 members (excludes halogenated alkanes) is 2. The maximum absolute atomic E-state index is 12.6. The first-order valence-corrected chi connectivity index (χ1v) is 15.4. The maximum atomic E-state index is 12.6. The van der Waals surface area contributed by atoms with Gasteiger partial charge in [0.05, 0.1) is 37.6 Å². The summed E-state index contributed by atoms with van der Waals surface area (Å²) in [5, 5.41) is 19.0. The lowest BCUT2D eigenvalue weighted by Crippen LogP contribution is -2.21. The Kier molecular flexibility index (Phi) is 13.9. The molecule has 0 radical (unpaired) electrons. The highest BCUT2D eigenvalue weighted by molar-refractivity contribution is 6.06. The van der Waals surface area contributed by atoms with E-state index >= 15 is 0 Å². The van der Waals surface area contributed by atoms with Gasteiger partial charge < -0.3 is 18.9 Å². The van der Waals surface area contributed by atoms with E-state index in [2.05, 4.69) is 0 Å². The standard InChI is InChI=1S/C37H46N2O6/c1-9-42-32-22-26(20-28(24-38)34(40)36(3,4)5)14-16-30(32)44-18-12-11-13-19-45-31-17-15-27(23-33(31)43-10-2)21-29(25-39)35(41)37(6,7)8/h14-17,20-23H,9-13,18-19H2,1-8H3. The molecule has 0 saturated carbocycles. The quantitative estimate of drug-likeness (QED) is 0.106. The van der Waals surface area contributed by atoms with Gasteiger partial charge >= 0.3 is 0 Å². The van der Waals surface area contributed by atoms with Crippen LogP contribution in [0.15, 0.2) is 47.5 Å². The Bertz CT molecular complexity index is 1360. The molecular weight excluding hydrogens is 568 g/mol. The van der Waals surface area contributed by atoms with Crippen LogP contribution in [0.5, 0.6) is 23.0 Å². The number of nitrogens with zero attached hydrogens (tertiary/aromatic N) is 2. The fourth-order valence-corrected chi connectivity index (χ4v) is 4.19. The Morgan fingerprint density at radius 2 is 1.00 bits per heavy atom. The van der Waals surface area contributed by atoms with Crippen LogP contribution in [0.3, 0.4) is 0 Å². The van der Waals surface area contributed by atoms with Crippen molar-refractivity contribution < 1.29 is 28.5 Å². The summed E-state index contributed by atoms with van der Waals surface area (Å²) in [6.07, 6.45) is 5.64. The average Bonchev–Trinajstić information content (AvgIpc) is 2.98. The summed E-state index contributed by atoms with van der Waals surface area (Å²) in [5.74, 6) is 1.89. The molecule has 0 N–H and O–H groups in total. The molecule has 240 valence electrons. The molecule has 0 spiro atoms. The Labute approximate surface area is 268 Å². The summed E-state index contributed by atoms with van der Waals surface area (Å²) in [6, 6.07) is 14.8. The van der Waals surface area contributed by atoms with Gasteiger partial charge in [0.2, 0.25) is 0 Å². The highest BCUT2D eigenvalue weighted by Crippen LogP contribution is 2.32. The monoisotopic (exact) mass is 614 g/mol. The number of Topliss-reactive ketones (excluding diaryl/α,β-unsaturated/α-hetero) is 2. The van der Waals surface area contributed by atoms with E-state index in [1.54, 1.807) is 90.1 Å². The summed E-state index contributed by atoms with van der Waals surface area (Å²) in [6.45, 7) is 16.4. The molecule has 0 atom stereocenters. The summed E-state index contributed by atoms with van der Waals surface area (Å²) in [5.41, 5.74) is 0.284. The van der Waals surface area contributed by atoms with E-state index < -0.39 is 10.8 Å². The molecule has 45 heavy (non-hydrogen) atoms. The van der Waals surface area contributed by atoms with Gasteiger partial charge in [0, 0.05) is 10.8 Å². The van der Waals surface area contributed by atoms with Crippen LogP contribution in [0, 0.1) is 33.5 Å². The number of benzene rings is 2. The number of ether oxygens (including phenoxy) is 4. The normalized spacial score (nSPS) is 12.1. The van der Waals surface area contributed by atoms with Crippen LogP contribution in [-0.2, 0) is 9.59 Å². The summed E-state index contributed by atoms with van der Waals surface area (Å²) >= 11 is 0. The first-order valence-electron chi connectivity index (χ1n) is 15.4. The van der Waals surface area contributed by atoms with Gasteiger partial charge in [-0.25, -0.2) is 0 Å². The SMILES string of the molecule is CCOc1cc(C=C(C#N)C(=O)C(C)(C)C)ccc1OCCCCCOc1ccc(C=C(C#N)C(=O)C(C)(C)C)cc1OCC. The number of carbonyl (C=O) groups is 2. The second-order valence-corrected chi connectivity index (χ2v) is 12.5. The molecule has 8 heteroatoms. The Hall–Kier alpha value is -4.56. The van der Waals surface area contributed by atoms with Crippen molar-refractivity contribution in [3.63, 3.8) is 0 Å². The van der Waals surface area contributed by atoms with Gasteiger partial charge in [0.1, 0.15) is 12.1 Å². The van der Waals surface area contributed by atoms with Crippen LogP contribution >= 0.6 is 0 Å². The highest BCUT2D eigenvalue weighted by atomic mass is 16.5. The molecule has 0 aromatic heterocycles. The van der Waals surface area contributed by atoms with Gasteiger partial charge in [-0.05, 0) is 80.7 Å². The molecule has 0 unspecified atom stereocenters. The van der Waals surface area contributed by atoms with E-state index in [-0.39, 0.29) is 22.7 Å². The molecule has 0 bridgehead atoms. The molecule has 0 heterocycles. The lowest BCUT2D eigenvalue weighted by Gasteiger charge is -2.16. The van der Waals surface area contributed by atoms with E-state index in [1.165, 1.54) is 0 Å². The molecule has 2 aromatic rings. The fraction of sp³-hybridized carbons (Fsp3) is 0.459. The van der Waals surface area contributed by atoms with Gasteiger partial charge in [-0.2, -0.15) is 10.5 Å². The molecular formula is C37H46N2O6. The fourth-order valence-electron chi connectivity index (χ4n) is 4.19. The van der Waals surface area contributed by atoms with Crippen molar-refractivity contribution in [3.8, 4) is 35.1 Å². The lowest BCUT2D eigenvalue weighted by molar-refractivity contribution is -0.122. The number of nitriles is 2. The van der Waals surface area contributed by atoms with Crippen molar-refractivity contribution in [2.24, 2.45) is 10.8 Å². The van der Waals surface area contributed by atoms with Crippen LogP contribution < -0.4 is 18.9 Å². The number of hydrogen-bond donors (Lipinski definition) is 0. The third-order valence-corrected chi connectivity index (χ3v) is 6.55. The molecule has 8 nitrogen and oxygen atoms in total. The Morgan fingerprint density at radius 3 is 1.31 bits per heavy atom. The first kappa shape index (κ1) is 36.6. The maximum Gasteiger partial charge on any atom is 0.178 e. The van der Waals surface area contributed by atoms with E-state index in [0.29, 0.717) is 60.6 Å². The minimum atomic E-state index is -0.649. The summed E-state index contributed by atoms with van der Waals surface area (Å²) in [7, 11) is 0. The molecule has 0 amide bonds. The number of rotatable bonds is 16. The van der Waals surface area contributed by atoms with Gasteiger partial charge in [-0.15, -0.1) is 0 Å².